The predicted molar refractivity (Wildman–Crippen MR) is 103 cm³/mol. The Kier molecular flexibility index (Phi) is 13.9. The van der Waals surface area contributed by atoms with Gasteiger partial charge in [-0.3, -0.25) is 9.79 Å². The third-order valence-corrected chi connectivity index (χ3v) is 2.97. The summed E-state index contributed by atoms with van der Waals surface area (Å²) in [6, 6.07) is 0. The monoisotopic (exact) mass is 428 g/mol. The van der Waals surface area contributed by atoms with Gasteiger partial charge in [0.25, 0.3) is 0 Å². The number of guanidine groups is 1. The fraction of sp³-hybridized carbons (Fsp3) is 0.867. The summed E-state index contributed by atoms with van der Waals surface area (Å²) in [5, 5.41) is 9.05. The molecule has 0 spiro atoms. The van der Waals surface area contributed by atoms with E-state index in [4.69, 9.17) is 4.74 Å². The van der Waals surface area contributed by atoms with Crippen LogP contribution < -0.4 is 16.0 Å². The Morgan fingerprint density at radius 3 is 2.41 bits per heavy atom. The lowest BCUT2D eigenvalue weighted by Crippen LogP contribution is -2.47. The molecule has 0 bridgehead atoms. The second-order valence-corrected chi connectivity index (χ2v) is 6.14. The van der Waals surface area contributed by atoms with Gasteiger partial charge in [-0.15, -0.1) is 24.0 Å². The number of carbonyl (C=O) groups is 1. The molecule has 3 N–H and O–H groups in total. The van der Waals surface area contributed by atoms with Crippen LogP contribution in [0.3, 0.4) is 0 Å². The van der Waals surface area contributed by atoms with Crippen molar-refractivity contribution in [2.24, 2.45) is 16.3 Å². The Morgan fingerprint density at radius 2 is 1.91 bits per heavy atom. The van der Waals surface area contributed by atoms with Crippen LogP contribution in [-0.4, -0.2) is 52.3 Å². The molecule has 0 radical (unpaired) electrons. The number of hydrogen-bond donors (Lipinski definition) is 3. The molecule has 0 aliphatic rings. The molecule has 0 aromatic heterocycles. The number of ether oxygens (including phenoxy) is 1. The first-order valence-corrected chi connectivity index (χ1v) is 7.58. The SMILES string of the molecule is CN=C(NCCCOCC(C)C)NCC(C)(C)C(=O)NC.I. The van der Waals surface area contributed by atoms with Gasteiger partial charge in [-0.2, -0.15) is 0 Å². The largest absolute Gasteiger partial charge is 0.381 e. The maximum atomic E-state index is 11.7. The molecule has 6 nitrogen and oxygen atoms in total. The van der Waals surface area contributed by atoms with Gasteiger partial charge in [-0.1, -0.05) is 13.8 Å². The molecule has 132 valence electrons. The molecule has 0 atom stereocenters. The molecule has 0 aromatic rings. The molecule has 0 saturated carbocycles. The van der Waals surface area contributed by atoms with Gasteiger partial charge in [0.1, 0.15) is 0 Å². The van der Waals surface area contributed by atoms with Crippen molar-refractivity contribution in [1.82, 2.24) is 16.0 Å². The van der Waals surface area contributed by atoms with Crippen LogP contribution in [0.2, 0.25) is 0 Å². The standard InChI is InChI=1S/C15H32N4O2.HI/c1-12(2)10-21-9-7-8-18-14(17-6)19-11-15(3,4)13(20)16-5;/h12H,7-11H2,1-6H3,(H,16,20)(H2,17,18,19);1H. The smallest absolute Gasteiger partial charge is 0.227 e. The molecular weight excluding hydrogens is 395 g/mol. The number of hydrogen-bond acceptors (Lipinski definition) is 3. The van der Waals surface area contributed by atoms with Crippen molar-refractivity contribution >= 4 is 35.8 Å². The van der Waals surface area contributed by atoms with Gasteiger partial charge in [-0.25, -0.2) is 0 Å². The average molecular weight is 428 g/mol. The fourth-order valence-electron chi connectivity index (χ4n) is 1.64. The molecule has 0 unspecified atom stereocenters. The zero-order valence-corrected chi connectivity index (χ0v) is 17.1. The molecule has 7 heteroatoms. The number of carbonyl (C=O) groups excluding carboxylic acids is 1. The first-order valence-electron chi connectivity index (χ1n) is 7.58. The summed E-state index contributed by atoms with van der Waals surface area (Å²) in [5.41, 5.74) is -0.479. The van der Waals surface area contributed by atoms with E-state index in [0.29, 0.717) is 18.4 Å². The second kappa shape index (κ2) is 12.9. The number of rotatable bonds is 9. The average Bonchev–Trinajstić information content (AvgIpc) is 2.44. The first kappa shape index (κ1) is 23.7. The molecule has 0 aromatic carbocycles. The molecule has 22 heavy (non-hydrogen) atoms. The number of amides is 1. The van der Waals surface area contributed by atoms with Gasteiger partial charge in [0.05, 0.1) is 5.41 Å². The summed E-state index contributed by atoms with van der Waals surface area (Å²) >= 11 is 0. The lowest BCUT2D eigenvalue weighted by molar-refractivity contribution is -0.128. The quantitative estimate of drug-likeness (QED) is 0.226. The predicted octanol–water partition coefficient (Wildman–Crippen LogP) is 1.60. The molecule has 0 saturated heterocycles. The van der Waals surface area contributed by atoms with Gasteiger partial charge in [0, 0.05) is 40.4 Å². The topological polar surface area (TPSA) is 74.8 Å². The van der Waals surface area contributed by atoms with Crippen molar-refractivity contribution in [1.29, 1.82) is 0 Å². The fourth-order valence-corrected chi connectivity index (χ4v) is 1.64. The van der Waals surface area contributed by atoms with E-state index in [-0.39, 0.29) is 29.9 Å². The summed E-state index contributed by atoms with van der Waals surface area (Å²) in [4.78, 5) is 15.8. The minimum absolute atomic E-state index is 0. The van der Waals surface area contributed by atoms with Gasteiger partial charge in [0.2, 0.25) is 5.91 Å². The summed E-state index contributed by atoms with van der Waals surface area (Å²) in [5.74, 6) is 1.28. The summed E-state index contributed by atoms with van der Waals surface area (Å²) in [6.07, 6.45) is 0.923. The molecule has 1 amide bonds. The molecule has 0 aliphatic heterocycles. The number of aliphatic imine (C=N–C) groups is 1. The van der Waals surface area contributed by atoms with Crippen LogP contribution in [0.15, 0.2) is 4.99 Å². The van der Waals surface area contributed by atoms with E-state index in [1.165, 1.54) is 0 Å². The number of nitrogens with zero attached hydrogens (tertiary/aromatic N) is 1. The van der Waals surface area contributed by atoms with Crippen LogP contribution >= 0.6 is 24.0 Å². The molecule has 0 fully saturated rings. The van der Waals surface area contributed by atoms with Crippen LogP contribution in [0.5, 0.6) is 0 Å². The zero-order valence-electron chi connectivity index (χ0n) is 14.8. The van der Waals surface area contributed by atoms with Gasteiger partial charge < -0.3 is 20.7 Å². The van der Waals surface area contributed by atoms with Crippen LogP contribution in [-0.2, 0) is 9.53 Å². The van der Waals surface area contributed by atoms with Crippen molar-refractivity contribution in [3.8, 4) is 0 Å². The minimum atomic E-state index is -0.479. The van der Waals surface area contributed by atoms with Crippen LogP contribution in [0.1, 0.15) is 34.1 Å². The van der Waals surface area contributed by atoms with Crippen molar-refractivity contribution in [2.45, 2.75) is 34.1 Å². The molecular formula is C15H33IN4O2. The maximum absolute atomic E-state index is 11.7. The third kappa shape index (κ3) is 11.1. The van der Waals surface area contributed by atoms with E-state index < -0.39 is 5.41 Å². The van der Waals surface area contributed by atoms with Crippen LogP contribution in [0.25, 0.3) is 0 Å². The maximum Gasteiger partial charge on any atom is 0.227 e. The Bertz CT molecular complexity index is 334. The van der Waals surface area contributed by atoms with Crippen molar-refractivity contribution in [3.63, 3.8) is 0 Å². The summed E-state index contributed by atoms with van der Waals surface area (Å²) in [7, 11) is 3.37. The lowest BCUT2D eigenvalue weighted by atomic mass is 9.92. The van der Waals surface area contributed by atoms with E-state index in [9.17, 15) is 4.79 Å². The highest BCUT2D eigenvalue weighted by atomic mass is 127. The number of nitrogens with one attached hydrogen (secondary N) is 3. The highest BCUT2D eigenvalue weighted by Gasteiger charge is 2.26. The lowest BCUT2D eigenvalue weighted by Gasteiger charge is -2.24. The molecule has 0 rings (SSSR count). The normalized spacial score (nSPS) is 11.9. The summed E-state index contributed by atoms with van der Waals surface area (Å²) < 4.78 is 5.52. The van der Waals surface area contributed by atoms with Crippen molar-refractivity contribution in [3.05, 3.63) is 0 Å². The van der Waals surface area contributed by atoms with E-state index in [2.05, 4.69) is 34.8 Å². The Balaban J connectivity index is 0. The molecule has 0 aliphatic carbocycles. The van der Waals surface area contributed by atoms with Crippen molar-refractivity contribution < 1.29 is 9.53 Å². The van der Waals surface area contributed by atoms with E-state index >= 15 is 0 Å². The van der Waals surface area contributed by atoms with E-state index in [1.54, 1.807) is 14.1 Å². The highest BCUT2D eigenvalue weighted by Crippen LogP contribution is 2.12. The van der Waals surface area contributed by atoms with E-state index in [0.717, 1.165) is 26.2 Å². The van der Waals surface area contributed by atoms with Crippen molar-refractivity contribution in [2.75, 3.05) is 40.4 Å². The Labute approximate surface area is 152 Å². The Hall–Kier alpha value is -0.570. The van der Waals surface area contributed by atoms with Gasteiger partial charge in [0.15, 0.2) is 5.96 Å². The van der Waals surface area contributed by atoms with Crippen LogP contribution in [0.4, 0.5) is 0 Å². The first-order chi connectivity index (χ1) is 9.83. The van der Waals surface area contributed by atoms with Gasteiger partial charge in [-0.05, 0) is 26.2 Å². The van der Waals surface area contributed by atoms with Crippen LogP contribution in [0, 0.1) is 11.3 Å². The van der Waals surface area contributed by atoms with E-state index in [1.807, 2.05) is 13.8 Å². The summed E-state index contributed by atoms with van der Waals surface area (Å²) in [6.45, 7) is 10.9. The Morgan fingerprint density at radius 1 is 1.27 bits per heavy atom. The third-order valence-electron chi connectivity index (χ3n) is 2.97. The zero-order chi connectivity index (χ0) is 16.3. The minimum Gasteiger partial charge on any atom is -0.381 e. The molecule has 0 heterocycles. The highest BCUT2D eigenvalue weighted by molar-refractivity contribution is 14.0. The number of halogens is 1. The van der Waals surface area contributed by atoms with Gasteiger partial charge >= 0.3 is 0 Å². The second-order valence-electron chi connectivity index (χ2n) is 6.14.